The van der Waals surface area contributed by atoms with Crippen LogP contribution >= 0.6 is 0 Å². The molecule has 1 saturated heterocycles. The standard InChI is InChI=1S/C13H20N4O2/c1-9-8-17(2)7-5-10(9)15-11-4-6-14-12(16-11)13(18)19-3/h4,6,9-10H,5,7-8H2,1-3H3,(H,14,15,16). The van der Waals surface area contributed by atoms with Crippen LogP contribution in [0.4, 0.5) is 5.82 Å². The molecule has 0 amide bonds. The van der Waals surface area contributed by atoms with Crippen LogP contribution in [0.5, 0.6) is 0 Å². The minimum Gasteiger partial charge on any atom is -0.463 e. The van der Waals surface area contributed by atoms with Gasteiger partial charge in [-0.25, -0.2) is 14.8 Å². The first-order valence-electron chi connectivity index (χ1n) is 6.46. The van der Waals surface area contributed by atoms with Gasteiger partial charge in [0.1, 0.15) is 5.82 Å². The van der Waals surface area contributed by atoms with Crippen LogP contribution in [0.2, 0.25) is 0 Å². The number of esters is 1. The summed E-state index contributed by atoms with van der Waals surface area (Å²) in [6, 6.07) is 2.15. The molecule has 0 radical (unpaired) electrons. The van der Waals surface area contributed by atoms with Crippen LogP contribution in [0.1, 0.15) is 24.0 Å². The van der Waals surface area contributed by atoms with E-state index < -0.39 is 5.97 Å². The minimum absolute atomic E-state index is 0.0908. The maximum atomic E-state index is 11.4. The fourth-order valence-electron chi connectivity index (χ4n) is 2.39. The Morgan fingerprint density at radius 3 is 3.05 bits per heavy atom. The average molecular weight is 264 g/mol. The molecule has 19 heavy (non-hydrogen) atoms. The normalized spacial score (nSPS) is 23.9. The van der Waals surface area contributed by atoms with Crippen molar-refractivity contribution in [1.82, 2.24) is 14.9 Å². The third kappa shape index (κ3) is 3.41. The lowest BCUT2D eigenvalue weighted by atomic mass is 9.94. The maximum absolute atomic E-state index is 11.4. The Morgan fingerprint density at radius 1 is 1.58 bits per heavy atom. The maximum Gasteiger partial charge on any atom is 0.376 e. The molecule has 0 saturated carbocycles. The number of nitrogens with one attached hydrogen (secondary N) is 1. The number of carbonyl (C=O) groups is 1. The summed E-state index contributed by atoms with van der Waals surface area (Å²) in [5, 5.41) is 3.38. The van der Waals surface area contributed by atoms with Gasteiger partial charge < -0.3 is 15.0 Å². The molecular weight excluding hydrogens is 244 g/mol. The summed E-state index contributed by atoms with van der Waals surface area (Å²) >= 11 is 0. The number of piperidine rings is 1. The molecule has 0 aromatic carbocycles. The number of hydrogen-bond acceptors (Lipinski definition) is 6. The highest BCUT2D eigenvalue weighted by Gasteiger charge is 2.24. The summed E-state index contributed by atoms with van der Waals surface area (Å²) in [5.41, 5.74) is 0. The number of rotatable bonds is 3. The summed E-state index contributed by atoms with van der Waals surface area (Å²) in [6.07, 6.45) is 2.64. The van der Waals surface area contributed by atoms with Gasteiger partial charge in [0.15, 0.2) is 0 Å². The van der Waals surface area contributed by atoms with Gasteiger partial charge in [0.05, 0.1) is 7.11 Å². The molecule has 0 spiro atoms. The summed E-state index contributed by atoms with van der Waals surface area (Å²) < 4.78 is 4.62. The molecule has 2 heterocycles. The molecule has 1 N–H and O–H groups in total. The van der Waals surface area contributed by atoms with Crippen molar-refractivity contribution in [2.24, 2.45) is 5.92 Å². The molecule has 1 fully saturated rings. The fraction of sp³-hybridized carbons (Fsp3) is 0.615. The van der Waals surface area contributed by atoms with Crippen molar-refractivity contribution >= 4 is 11.8 Å². The second kappa shape index (κ2) is 5.97. The highest BCUT2D eigenvalue weighted by Crippen LogP contribution is 2.19. The highest BCUT2D eigenvalue weighted by molar-refractivity contribution is 5.85. The third-order valence-electron chi connectivity index (χ3n) is 3.47. The Labute approximate surface area is 113 Å². The average Bonchev–Trinajstić information content (AvgIpc) is 2.41. The van der Waals surface area contributed by atoms with Gasteiger partial charge in [0.2, 0.25) is 5.82 Å². The second-order valence-electron chi connectivity index (χ2n) is 5.04. The molecule has 2 rings (SSSR count). The molecule has 104 valence electrons. The number of carbonyl (C=O) groups excluding carboxylic acids is 1. The van der Waals surface area contributed by atoms with E-state index in [4.69, 9.17) is 0 Å². The molecule has 2 unspecified atom stereocenters. The molecule has 6 heteroatoms. The number of likely N-dealkylation sites (tertiary alicyclic amines) is 1. The van der Waals surface area contributed by atoms with Gasteiger partial charge in [-0.05, 0) is 32.0 Å². The van der Waals surface area contributed by atoms with Crippen molar-refractivity contribution in [3.8, 4) is 0 Å². The Hall–Kier alpha value is -1.69. The van der Waals surface area contributed by atoms with E-state index in [0.717, 1.165) is 19.5 Å². The molecule has 1 aromatic heterocycles. The molecule has 6 nitrogen and oxygen atoms in total. The molecule has 1 aromatic rings. The number of methoxy groups -OCH3 is 1. The first kappa shape index (κ1) is 13.7. The number of anilines is 1. The van der Waals surface area contributed by atoms with Gasteiger partial charge in [-0.2, -0.15) is 0 Å². The van der Waals surface area contributed by atoms with E-state index in [1.807, 2.05) is 0 Å². The van der Waals surface area contributed by atoms with Crippen molar-refractivity contribution in [2.45, 2.75) is 19.4 Å². The fourth-order valence-corrected chi connectivity index (χ4v) is 2.39. The largest absolute Gasteiger partial charge is 0.463 e. The summed E-state index contributed by atoms with van der Waals surface area (Å²) in [6.45, 7) is 4.35. The summed E-state index contributed by atoms with van der Waals surface area (Å²) in [4.78, 5) is 21.8. The van der Waals surface area contributed by atoms with Crippen LogP contribution in [0.15, 0.2) is 12.3 Å². The van der Waals surface area contributed by atoms with Gasteiger partial charge in [-0.1, -0.05) is 6.92 Å². The first-order valence-corrected chi connectivity index (χ1v) is 6.46. The van der Waals surface area contributed by atoms with E-state index in [2.05, 4.69) is 38.9 Å². The van der Waals surface area contributed by atoms with E-state index in [0.29, 0.717) is 17.8 Å². The van der Waals surface area contributed by atoms with Crippen molar-refractivity contribution in [2.75, 3.05) is 32.6 Å². The van der Waals surface area contributed by atoms with Crippen LogP contribution in [-0.2, 0) is 4.74 Å². The van der Waals surface area contributed by atoms with Crippen LogP contribution in [0.25, 0.3) is 0 Å². The SMILES string of the molecule is COC(=O)c1nccc(NC2CCN(C)CC2C)n1. The van der Waals surface area contributed by atoms with Crippen molar-refractivity contribution < 1.29 is 9.53 Å². The first-order chi connectivity index (χ1) is 9.10. The predicted octanol–water partition coefficient (Wildman–Crippen LogP) is 1.02. The number of hydrogen-bond donors (Lipinski definition) is 1. The predicted molar refractivity (Wildman–Crippen MR) is 72.1 cm³/mol. The Bertz CT molecular complexity index is 452. The summed E-state index contributed by atoms with van der Waals surface area (Å²) in [7, 11) is 3.46. The number of nitrogens with zero attached hydrogens (tertiary/aromatic N) is 3. The molecule has 1 aliphatic rings. The third-order valence-corrected chi connectivity index (χ3v) is 3.47. The molecule has 1 aliphatic heterocycles. The van der Waals surface area contributed by atoms with Crippen LogP contribution in [0, 0.1) is 5.92 Å². The van der Waals surface area contributed by atoms with Gasteiger partial charge in [-0.15, -0.1) is 0 Å². The lowest BCUT2D eigenvalue weighted by Crippen LogP contribution is -2.43. The minimum atomic E-state index is -0.514. The van der Waals surface area contributed by atoms with E-state index in [1.54, 1.807) is 12.3 Å². The zero-order chi connectivity index (χ0) is 13.8. The zero-order valence-electron chi connectivity index (χ0n) is 11.6. The quantitative estimate of drug-likeness (QED) is 0.822. The van der Waals surface area contributed by atoms with Crippen molar-refractivity contribution in [3.63, 3.8) is 0 Å². The lowest BCUT2D eigenvalue weighted by molar-refractivity contribution is 0.0587. The van der Waals surface area contributed by atoms with Gasteiger partial charge in [0, 0.05) is 18.8 Å². The smallest absolute Gasteiger partial charge is 0.376 e. The van der Waals surface area contributed by atoms with E-state index in [9.17, 15) is 4.79 Å². The van der Waals surface area contributed by atoms with E-state index in [-0.39, 0.29) is 5.82 Å². The van der Waals surface area contributed by atoms with Crippen molar-refractivity contribution in [3.05, 3.63) is 18.1 Å². The molecule has 2 atom stereocenters. The van der Waals surface area contributed by atoms with Crippen LogP contribution in [-0.4, -0.2) is 54.1 Å². The zero-order valence-corrected chi connectivity index (χ0v) is 11.6. The molecule has 0 bridgehead atoms. The monoisotopic (exact) mass is 264 g/mol. The highest BCUT2D eigenvalue weighted by atomic mass is 16.5. The van der Waals surface area contributed by atoms with Gasteiger partial charge >= 0.3 is 5.97 Å². The Kier molecular flexibility index (Phi) is 4.31. The second-order valence-corrected chi connectivity index (χ2v) is 5.04. The van der Waals surface area contributed by atoms with Gasteiger partial charge in [-0.3, -0.25) is 0 Å². The lowest BCUT2D eigenvalue weighted by Gasteiger charge is -2.35. The van der Waals surface area contributed by atoms with Crippen molar-refractivity contribution in [1.29, 1.82) is 0 Å². The Morgan fingerprint density at radius 2 is 2.37 bits per heavy atom. The molecular formula is C13H20N4O2. The Balaban J connectivity index is 2.04. The summed E-state index contributed by atoms with van der Waals surface area (Å²) in [5.74, 6) is 0.792. The van der Waals surface area contributed by atoms with Gasteiger partial charge in [0.25, 0.3) is 0 Å². The van der Waals surface area contributed by atoms with Crippen LogP contribution < -0.4 is 5.32 Å². The number of ether oxygens (including phenoxy) is 1. The number of aromatic nitrogens is 2. The molecule has 0 aliphatic carbocycles. The topological polar surface area (TPSA) is 67.3 Å². The van der Waals surface area contributed by atoms with E-state index >= 15 is 0 Å². The van der Waals surface area contributed by atoms with Crippen LogP contribution in [0.3, 0.4) is 0 Å². The van der Waals surface area contributed by atoms with E-state index in [1.165, 1.54) is 7.11 Å².